The van der Waals surface area contributed by atoms with Gasteiger partial charge in [-0.05, 0) is 49.9 Å². The van der Waals surface area contributed by atoms with Gasteiger partial charge in [-0.2, -0.15) is 0 Å². The molecule has 0 aliphatic carbocycles. The van der Waals surface area contributed by atoms with E-state index in [2.05, 4.69) is 31.2 Å². The minimum Gasteiger partial charge on any atom is -0.391 e. The number of aliphatic hydroxyl groups excluding tert-OH is 1. The molecule has 3 amide bonds. The second-order valence-corrected chi connectivity index (χ2v) is 11.0. The number of unbranched alkanes of at least 4 members (excludes halogenated alkanes) is 1. The Labute approximate surface area is 249 Å². The van der Waals surface area contributed by atoms with Crippen LogP contribution < -0.4 is 21.7 Å². The zero-order valence-electron chi connectivity index (χ0n) is 24.1. The maximum Gasteiger partial charge on any atom is 0.245 e. The van der Waals surface area contributed by atoms with Crippen LogP contribution >= 0.6 is 0 Å². The van der Waals surface area contributed by atoms with Gasteiger partial charge in [0, 0.05) is 29.9 Å². The zero-order chi connectivity index (χ0) is 30.3. The number of carbonyl (C=O) groups excluding carboxylic acids is 3. The number of nitrogens with two attached hydrogens (primary N) is 1. The van der Waals surface area contributed by atoms with Crippen LogP contribution in [0.3, 0.4) is 0 Å². The molecule has 5 atom stereocenters. The first-order valence-corrected chi connectivity index (χ1v) is 14.6. The first-order valence-electron chi connectivity index (χ1n) is 14.6. The Morgan fingerprint density at radius 2 is 1.63 bits per heavy atom. The van der Waals surface area contributed by atoms with Crippen molar-refractivity contribution in [3.05, 3.63) is 83.8 Å². The molecule has 5 rings (SSSR count). The fourth-order valence-corrected chi connectivity index (χ4v) is 5.46. The minimum absolute atomic E-state index is 0.190. The van der Waals surface area contributed by atoms with Crippen LogP contribution in [0.25, 0.3) is 10.9 Å². The van der Waals surface area contributed by atoms with E-state index in [-0.39, 0.29) is 12.8 Å². The number of aromatic amines is 1. The summed E-state index contributed by atoms with van der Waals surface area (Å²) in [5.74, 6) is -1.38. The molecular formula is C31H38N8O4. The highest BCUT2D eigenvalue weighted by molar-refractivity contribution is 5.94. The molecular weight excluding hydrogens is 548 g/mol. The zero-order valence-corrected chi connectivity index (χ0v) is 24.1. The Bertz CT molecular complexity index is 1550. The van der Waals surface area contributed by atoms with E-state index in [1.165, 1.54) is 11.6 Å². The number of carbonyl (C=O) groups is 3. The Balaban J connectivity index is 1.54. The molecule has 0 saturated carbocycles. The van der Waals surface area contributed by atoms with Crippen LogP contribution in [0.4, 0.5) is 0 Å². The lowest BCUT2D eigenvalue weighted by Gasteiger charge is -2.26. The van der Waals surface area contributed by atoms with E-state index in [9.17, 15) is 19.5 Å². The number of nitrogens with zero attached hydrogens (tertiary/aromatic N) is 3. The number of amides is 3. The van der Waals surface area contributed by atoms with Gasteiger partial charge in [0.2, 0.25) is 17.7 Å². The van der Waals surface area contributed by atoms with Crippen molar-refractivity contribution in [2.45, 2.75) is 69.3 Å². The predicted molar refractivity (Wildman–Crippen MR) is 161 cm³/mol. The van der Waals surface area contributed by atoms with Gasteiger partial charge in [-0.25, -0.2) is 4.68 Å². The fourth-order valence-electron chi connectivity index (χ4n) is 5.46. The maximum atomic E-state index is 14.0. The number of aliphatic hydroxyl groups is 1. The fraction of sp³-hybridized carbons (Fsp3) is 0.387. The summed E-state index contributed by atoms with van der Waals surface area (Å²) < 4.78 is 1.43. The number of rotatable bonds is 9. The SMILES string of the molecule is C[C@@H](O)[C@@H]1NC(=O)[C@@H](CCCCN)NC(=O)[C@@H](Cc2c[nH]c3ccccc23)NC(=O)[C@H](Cc2ccccc2)n2cc1nn2. The summed E-state index contributed by atoms with van der Waals surface area (Å²) in [6.45, 7) is 1.99. The molecule has 1 aliphatic rings. The van der Waals surface area contributed by atoms with Crippen molar-refractivity contribution < 1.29 is 19.5 Å². The van der Waals surface area contributed by atoms with Crippen molar-refractivity contribution in [3.63, 3.8) is 0 Å². The molecule has 0 fully saturated rings. The third kappa shape index (κ3) is 7.09. The third-order valence-corrected chi connectivity index (χ3v) is 7.83. The van der Waals surface area contributed by atoms with Crippen LogP contribution in [0.5, 0.6) is 0 Å². The van der Waals surface area contributed by atoms with E-state index in [4.69, 9.17) is 5.73 Å². The summed E-state index contributed by atoms with van der Waals surface area (Å²) in [7, 11) is 0. The molecule has 0 saturated heterocycles. The van der Waals surface area contributed by atoms with E-state index < -0.39 is 48.0 Å². The van der Waals surface area contributed by atoms with E-state index in [1.54, 1.807) is 6.20 Å². The summed E-state index contributed by atoms with van der Waals surface area (Å²) in [4.78, 5) is 44.7. The monoisotopic (exact) mass is 586 g/mol. The van der Waals surface area contributed by atoms with Crippen molar-refractivity contribution in [2.75, 3.05) is 6.54 Å². The number of aromatic nitrogens is 4. The van der Waals surface area contributed by atoms with Crippen LogP contribution in [0.15, 0.2) is 67.0 Å². The van der Waals surface area contributed by atoms with Crippen molar-refractivity contribution in [3.8, 4) is 0 Å². The van der Waals surface area contributed by atoms with Gasteiger partial charge in [-0.1, -0.05) is 53.7 Å². The van der Waals surface area contributed by atoms with Gasteiger partial charge < -0.3 is 31.8 Å². The Morgan fingerprint density at radius 1 is 0.907 bits per heavy atom. The smallest absolute Gasteiger partial charge is 0.245 e. The summed E-state index contributed by atoms with van der Waals surface area (Å²) in [5.41, 5.74) is 8.64. The molecule has 1 aliphatic heterocycles. The van der Waals surface area contributed by atoms with Gasteiger partial charge in [0.1, 0.15) is 29.9 Å². The van der Waals surface area contributed by atoms with Gasteiger partial charge in [0.25, 0.3) is 0 Å². The summed E-state index contributed by atoms with van der Waals surface area (Å²) in [6.07, 6.45) is 4.45. The third-order valence-electron chi connectivity index (χ3n) is 7.83. The molecule has 0 unspecified atom stereocenters. The number of hydrogen-bond acceptors (Lipinski definition) is 7. The number of para-hydroxylation sites is 1. The van der Waals surface area contributed by atoms with E-state index in [0.29, 0.717) is 31.5 Å². The molecule has 4 aromatic rings. The van der Waals surface area contributed by atoms with Crippen molar-refractivity contribution in [1.82, 2.24) is 35.9 Å². The molecule has 0 spiro atoms. The Hall–Kier alpha value is -4.55. The first kappa shape index (κ1) is 29.9. The van der Waals surface area contributed by atoms with Gasteiger partial charge in [-0.3, -0.25) is 14.4 Å². The van der Waals surface area contributed by atoms with Crippen molar-refractivity contribution in [1.29, 1.82) is 0 Å². The largest absolute Gasteiger partial charge is 0.391 e. The van der Waals surface area contributed by atoms with E-state index in [0.717, 1.165) is 22.0 Å². The molecule has 3 heterocycles. The highest BCUT2D eigenvalue weighted by Crippen LogP contribution is 2.22. The van der Waals surface area contributed by atoms with E-state index in [1.807, 2.05) is 60.8 Å². The van der Waals surface area contributed by atoms with Crippen molar-refractivity contribution in [2.24, 2.45) is 5.73 Å². The Morgan fingerprint density at radius 3 is 2.40 bits per heavy atom. The minimum atomic E-state index is -1.02. The Kier molecular flexibility index (Phi) is 9.48. The average Bonchev–Trinajstić information content (AvgIpc) is 3.65. The molecule has 0 radical (unpaired) electrons. The second kappa shape index (κ2) is 13.6. The molecule has 12 nitrogen and oxygen atoms in total. The summed E-state index contributed by atoms with van der Waals surface area (Å²) >= 11 is 0. The van der Waals surface area contributed by atoms with Crippen LogP contribution in [-0.2, 0) is 27.2 Å². The summed E-state index contributed by atoms with van der Waals surface area (Å²) in [6, 6.07) is 13.5. The van der Waals surface area contributed by atoms with Gasteiger partial charge in [0.15, 0.2) is 0 Å². The van der Waals surface area contributed by atoms with Gasteiger partial charge >= 0.3 is 0 Å². The predicted octanol–water partition coefficient (Wildman–Crippen LogP) is 1.44. The number of fused-ring (bicyclic) bond motifs is 3. The topological polar surface area (TPSA) is 180 Å². The van der Waals surface area contributed by atoms with Gasteiger partial charge in [0.05, 0.1) is 12.3 Å². The van der Waals surface area contributed by atoms with Crippen molar-refractivity contribution >= 4 is 28.6 Å². The number of benzene rings is 2. The molecule has 43 heavy (non-hydrogen) atoms. The first-order chi connectivity index (χ1) is 20.8. The van der Waals surface area contributed by atoms with Crippen LogP contribution in [0.2, 0.25) is 0 Å². The molecule has 12 heteroatoms. The standard InChI is InChI=1S/C31H38N8O4/c1-19(40)28-26-18-39(38-37-26)27(15-20-9-3-2-4-10-20)31(43)35-25(16-21-17-33-23-12-6-5-11-22(21)23)30(42)34-24(29(41)36-28)13-7-8-14-32/h2-6,9-12,17-19,24-25,27-28,33,40H,7-8,13-16,32H2,1H3,(H,34,42)(H,35,43)(H,36,41)/t19-,24-,25-,27+,28+/m1/s1. The number of nitrogens with one attached hydrogen (secondary N) is 4. The molecule has 2 aromatic heterocycles. The lowest BCUT2D eigenvalue weighted by Crippen LogP contribution is -2.55. The maximum absolute atomic E-state index is 14.0. The van der Waals surface area contributed by atoms with Crippen LogP contribution in [-0.4, -0.2) is 67.5 Å². The van der Waals surface area contributed by atoms with Crippen LogP contribution in [0, 0.1) is 0 Å². The van der Waals surface area contributed by atoms with Crippen LogP contribution in [0.1, 0.15) is 55.1 Å². The average molecular weight is 587 g/mol. The molecule has 2 aromatic carbocycles. The number of hydrogen-bond donors (Lipinski definition) is 6. The molecule has 7 N–H and O–H groups in total. The quantitative estimate of drug-likeness (QED) is 0.161. The molecule has 226 valence electrons. The lowest BCUT2D eigenvalue weighted by atomic mass is 10.0. The lowest BCUT2D eigenvalue weighted by molar-refractivity contribution is -0.133. The normalized spacial score (nSPS) is 22.1. The number of H-pyrrole nitrogens is 1. The molecule has 2 bridgehead atoms. The van der Waals surface area contributed by atoms with E-state index >= 15 is 0 Å². The van der Waals surface area contributed by atoms with Gasteiger partial charge in [-0.15, -0.1) is 5.10 Å². The summed E-state index contributed by atoms with van der Waals surface area (Å²) in [5, 5.41) is 28.7. The highest BCUT2D eigenvalue weighted by atomic mass is 16.3. The highest BCUT2D eigenvalue weighted by Gasteiger charge is 2.34. The second-order valence-electron chi connectivity index (χ2n) is 11.0.